The minimum absolute atomic E-state index is 0.0153. The lowest BCUT2D eigenvalue weighted by Crippen LogP contribution is -2.19. The molecule has 15 heavy (non-hydrogen) atoms. The number of hydrogen-bond acceptors (Lipinski definition) is 4. The monoisotopic (exact) mass is 275 g/mol. The molecule has 0 N–H and O–H groups in total. The van der Waals surface area contributed by atoms with Crippen molar-refractivity contribution in [2.45, 2.75) is 18.9 Å². The number of hydrogen-bond donors (Lipinski definition) is 0. The van der Waals surface area contributed by atoms with Crippen LogP contribution in [-0.2, 0) is 4.74 Å². The van der Waals surface area contributed by atoms with Crippen molar-refractivity contribution >= 4 is 21.6 Å². The third-order valence-electron chi connectivity index (χ3n) is 2.43. The standard InChI is InChI=1S/C8H10BrN3O3/c9-8-7(12(13)14)5-11(10-8)6-1-3-15-4-2-6/h5-6H,1-4H2. The summed E-state index contributed by atoms with van der Waals surface area (Å²) in [5, 5.41) is 14.7. The first-order chi connectivity index (χ1) is 7.18. The smallest absolute Gasteiger partial charge is 0.321 e. The zero-order valence-corrected chi connectivity index (χ0v) is 9.51. The molecule has 7 heteroatoms. The highest BCUT2D eigenvalue weighted by Gasteiger charge is 2.22. The van der Waals surface area contributed by atoms with E-state index >= 15 is 0 Å². The maximum absolute atomic E-state index is 10.6. The molecule has 1 aliphatic heterocycles. The van der Waals surface area contributed by atoms with Gasteiger partial charge in [-0.3, -0.25) is 14.8 Å². The van der Waals surface area contributed by atoms with Gasteiger partial charge in [0.1, 0.15) is 6.20 Å². The van der Waals surface area contributed by atoms with Crippen LogP contribution in [-0.4, -0.2) is 27.9 Å². The topological polar surface area (TPSA) is 70.2 Å². The van der Waals surface area contributed by atoms with Crippen LogP contribution in [0.3, 0.4) is 0 Å². The minimum atomic E-state index is -0.438. The number of halogens is 1. The van der Waals surface area contributed by atoms with Gasteiger partial charge in [0.25, 0.3) is 0 Å². The summed E-state index contributed by atoms with van der Waals surface area (Å²) in [4.78, 5) is 10.2. The van der Waals surface area contributed by atoms with Crippen molar-refractivity contribution in [3.05, 3.63) is 20.9 Å². The van der Waals surface area contributed by atoms with Crippen LogP contribution in [0.25, 0.3) is 0 Å². The van der Waals surface area contributed by atoms with Crippen molar-refractivity contribution in [3.8, 4) is 0 Å². The summed E-state index contributed by atoms with van der Waals surface area (Å²) in [5.41, 5.74) is 0.0153. The molecule has 0 unspecified atom stereocenters. The molecule has 2 heterocycles. The lowest BCUT2D eigenvalue weighted by Gasteiger charge is -2.21. The van der Waals surface area contributed by atoms with Crippen LogP contribution >= 0.6 is 15.9 Å². The molecule has 0 spiro atoms. The van der Waals surface area contributed by atoms with Crippen molar-refractivity contribution < 1.29 is 9.66 Å². The molecule has 0 aliphatic carbocycles. The first kappa shape index (κ1) is 10.6. The van der Waals surface area contributed by atoms with Gasteiger partial charge >= 0.3 is 5.69 Å². The summed E-state index contributed by atoms with van der Waals surface area (Å²) in [6, 6.07) is 0.212. The summed E-state index contributed by atoms with van der Waals surface area (Å²) < 4.78 is 7.17. The van der Waals surface area contributed by atoms with E-state index in [1.807, 2.05) is 0 Å². The van der Waals surface area contributed by atoms with E-state index in [0.29, 0.717) is 17.8 Å². The van der Waals surface area contributed by atoms with E-state index in [1.165, 1.54) is 6.20 Å². The summed E-state index contributed by atoms with van der Waals surface area (Å²) >= 11 is 3.08. The van der Waals surface area contributed by atoms with Gasteiger partial charge in [-0.1, -0.05) is 0 Å². The van der Waals surface area contributed by atoms with Crippen molar-refractivity contribution in [1.29, 1.82) is 0 Å². The second kappa shape index (κ2) is 4.28. The number of aromatic nitrogens is 2. The van der Waals surface area contributed by atoms with Gasteiger partial charge in [0, 0.05) is 13.2 Å². The van der Waals surface area contributed by atoms with Gasteiger partial charge in [-0.05, 0) is 28.8 Å². The van der Waals surface area contributed by atoms with Crippen LogP contribution in [0.15, 0.2) is 10.8 Å². The van der Waals surface area contributed by atoms with Crippen LogP contribution in [0.2, 0.25) is 0 Å². The molecule has 0 amide bonds. The molecular weight excluding hydrogens is 266 g/mol. The number of nitro groups is 1. The zero-order valence-electron chi connectivity index (χ0n) is 7.93. The number of ether oxygens (including phenoxy) is 1. The summed E-state index contributed by atoms with van der Waals surface area (Å²) in [5.74, 6) is 0. The predicted molar refractivity (Wildman–Crippen MR) is 55.7 cm³/mol. The van der Waals surface area contributed by atoms with E-state index in [1.54, 1.807) is 4.68 Å². The zero-order chi connectivity index (χ0) is 10.8. The maximum atomic E-state index is 10.6. The number of nitrogens with zero attached hydrogens (tertiary/aromatic N) is 3. The molecular formula is C8H10BrN3O3. The van der Waals surface area contributed by atoms with Gasteiger partial charge in [-0.2, -0.15) is 5.10 Å². The Kier molecular flexibility index (Phi) is 3.01. The van der Waals surface area contributed by atoms with Gasteiger partial charge in [0.2, 0.25) is 4.60 Å². The molecule has 2 rings (SSSR count). The Morgan fingerprint density at radius 1 is 1.60 bits per heavy atom. The Balaban J connectivity index is 2.21. The van der Waals surface area contributed by atoms with Crippen molar-refractivity contribution in [2.24, 2.45) is 0 Å². The molecule has 1 fully saturated rings. The fraction of sp³-hybridized carbons (Fsp3) is 0.625. The highest BCUT2D eigenvalue weighted by Crippen LogP contribution is 2.27. The molecule has 0 atom stereocenters. The summed E-state index contributed by atoms with van der Waals surface area (Å²) in [6.07, 6.45) is 3.18. The molecule has 0 saturated carbocycles. The lowest BCUT2D eigenvalue weighted by molar-refractivity contribution is -0.385. The van der Waals surface area contributed by atoms with E-state index in [9.17, 15) is 10.1 Å². The van der Waals surface area contributed by atoms with Crippen molar-refractivity contribution in [2.75, 3.05) is 13.2 Å². The SMILES string of the molecule is O=[N+]([O-])c1cn(C2CCOCC2)nc1Br. The fourth-order valence-corrected chi connectivity index (χ4v) is 2.05. The van der Waals surface area contributed by atoms with Crippen molar-refractivity contribution in [1.82, 2.24) is 9.78 Å². The maximum Gasteiger partial charge on any atom is 0.321 e. The van der Waals surface area contributed by atoms with Crippen LogP contribution < -0.4 is 0 Å². The first-order valence-corrected chi connectivity index (χ1v) is 5.44. The van der Waals surface area contributed by atoms with Crippen LogP contribution in [0.5, 0.6) is 0 Å². The molecule has 1 saturated heterocycles. The van der Waals surface area contributed by atoms with E-state index in [0.717, 1.165) is 12.8 Å². The fourth-order valence-electron chi connectivity index (χ4n) is 1.62. The van der Waals surface area contributed by atoms with Crippen molar-refractivity contribution in [3.63, 3.8) is 0 Å². The van der Waals surface area contributed by atoms with E-state index in [-0.39, 0.29) is 11.7 Å². The van der Waals surface area contributed by atoms with E-state index < -0.39 is 4.92 Å². The van der Waals surface area contributed by atoms with Gasteiger partial charge in [-0.25, -0.2) is 0 Å². The molecule has 0 bridgehead atoms. The molecule has 1 aromatic rings. The Hall–Kier alpha value is -0.950. The molecule has 82 valence electrons. The van der Waals surface area contributed by atoms with E-state index in [2.05, 4.69) is 21.0 Å². The molecule has 0 radical (unpaired) electrons. The molecule has 0 aromatic carbocycles. The summed E-state index contributed by atoms with van der Waals surface area (Å²) in [6.45, 7) is 1.38. The van der Waals surface area contributed by atoms with Gasteiger partial charge < -0.3 is 4.74 Å². The Bertz CT molecular complexity index is 373. The quantitative estimate of drug-likeness (QED) is 0.611. The normalized spacial score (nSPS) is 17.9. The van der Waals surface area contributed by atoms with E-state index in [4.69, 9.17) is 4.74 Å². The number of rotatable bonds is 2. The third kappa shape index (κ3) is 2.18. The highest BCUT2D eigenvalue weighted by molar-refractivity contribution is 9.10. The average Bonchev–Trinajstić information content (AvgIpc) is 2.62. The average molecular weight is 276 g/mol. The predicted octanol–water partition coefficient (Wildman–Crippen LogP) is 1.91. The van der Waals surface area contributed by atoms with Crippen LogP contribution in [0.1, 0.15) is 18.9 Å². The Morgan fingerprint density at radius 3 is 2.80 bits per heavy atom. The second-order valence-corrected chi connectivity index (χ2v) is 4.14. The van der Waals surface area contributed by atoms with Gasteiger partial charge in [0.15, 0.2) is 0 Å². The van der Waals surface area contributed by atoms with Gasteiger partial charge in [-0.15, -0.1) is 0 Å². The Morgan fingerprint density at radius 2 is 2.27 bits per heavy atom. The third-order valence-corrected chi connectivity index (χ3v) is 3.00. The van der Waals surface area contributed by atoms with Crippen LogP contribution in [0, 0.1) is 10.1 Å². The second-order valence-electron chi connectivity index (χ2n) is 3.39. The molecule has 1 aliphatic rings. The van der Waals surface area contributed by atoms with Gasteiger partial charge in [0.05, 0.1) is 11.0 Å². The lowest BCUT2D eigenvalue weighted by atomic mass is 10.1. The molecule has 1 aromatic heterocycles. The largest absolute Gasteiger partial charge is 0.381 e. The van der Waals surface area contributed by atoms with Crippen LogP contribution in [0.4, 0.5) is 5.69 Å². The first-order valence-electron chi connectivity index (χ1n) is 4.65. The minimum Gasteiger partial charge on any atom is -0.381 e. The Labute approximate surface area is 94.5 Å². The summed E-state index contributed by atoms with van der Waals surface area (Å²) in [7, 11) is 0. The highest BCUT2D eigenvalue weighted by atomic mass is 79.9. The molecule has 6 nitrogen and oxygen atoms in total.